The van der Waals surface area contributed by atoms with E-state index in [0.29, 0.717) is 39.0 Å². The van der Waals surface area contributed by atoms with E-state index in [2.05, 4.69) is 10.3 Å². The van der Waals surface area contributed by atoms with E-state index in [9.17, 15) is 4.79 Å². The number of aromatic nitrogens is 2. The molecule has 0 saturated carbocycles. The molecule has 160 valence electrons. The number of benzene rings is 2. The lowest BCUT2D eigenvalue weighted by molar-refractivity contribution is 0.0941. The van der Waals surface area contributed by atoms with Gasteiger partial charge in [0, 0.05) is 16.6 Å². The van der Waals surface area contributed by atoms with E-state index in [1.54, 1.807) is 18.3 Å². The molecule has 3 heterocycles. The minimum Gasteiger partial charge on any atom is -0.454 e. The van der Waals surface area contributed by atoms with Crippen molar-refractivity contribution in [1.82, 2.24) is 15.3 Å². The first-order valence-corrected chi connectivity index (χ1v) is 10.6. The van der Waals surface area contributed by atoms with Crippen LogP contribution in [0.5, 0.6) is 11.5 Å². The van der Waals surface area contributed by atoms with Crippen LogP contribution in [0.1, 0.15) is 34.5 Å². The van der Waals surface area contributed by atoms with Crippen LogP contribution < -0.4 is 14.8 Å². The van der Waals surface area contributed by atoms with Gasteiger partial charge in [-0.15, -0.1) is 0 Å². The summed E-state index contributed by atoms with van der Waals surface area (Å²) in [6, 6.07) is 16.4. The Morgan fingerprint density at radius 3 is 2.72 bits per heavy atom. The summed E-state index contributed by atoms with van der Waals surface area (Å²) in [6.45, 7) is 4.04. The molecule has 32 heavy (non-hydrogen) atoms. The lowest BCUT2D eigenvalue weighted by Gasteiger charge is -2.17. The number of rotatable bonds is 4. The fourth-order valence-corrected chi connectivity index (χ4v) is 3.93. The summed E-state index contributed by atoms with van der Waals surface area (Å²) in [4.78, 5) is 22.6. The van der Waals surface area contributed by atoms with Crippen molar-refractivity contribution in [2.75, 3.05) is 6.79 Å². The first-order chi connectivity index (χ1) is 15.5. The summed E-state index contributed by atoms with van der Waals surface area (Å²) >= 11 is 6.35. The molecule has 7 heteroatoms. The maximum Gasteiger partial charge on any atom is 0.252 e. The second-order valence-corrected chi connectivity index (χ2v) is 8.05. The van der Waals surface area contributed by atoms with Gasteiger partial charge < -0.3 is 14.8 Å². The number of amides is 1. The first-order valence-electron chi connectivity index (χ1n) is 10.2. The third-order valence-corrected chi connectivity index (χ3v) is 5.99. The van der Waals surface area contributed by atoms with E-state index in [1.165, 1.54) is 0 Å². The van der Waals surface area contributed by atoms with Gasteiger partial charge in [-0.25, -0.2) is 4.98 Å². The fraction of sp³-hybridized carbons (Fsp3) is 0.160. The molecule has 0 saturated heterocycles. The predicted molar refractivity (Wildman–Crippen MR) is 123 cm³/mol. The van der Waals surface area contributed by atoms with Crippen LogP contribution in [0.3, 0.4) is 0 Å². The second-order valence-electron chi connectivity index (χ2n) is 7.65. The number of nitrogens with zero attached hydrogens (tertiary/aromatic N) is 2. The Bertz CT molecular complexity index is 1340. The third-order valence-electron chi connectivity index (χ3n) is 5.58. The normalized spacial score (nSPS) is 13.2. The molecule has 2 aromatic carbocycles. The highest BCUT2D eigenvalue weighted by Crippen LogP contribution is 2.34. The van der Waals surface area contributed by atoms with Crippen LogP contribution >= 0.6 is 11.6 Å². The number of fused-ring (bicyclic) bond motifs is 2. The van der Waals surface area contributed by atoms with Gasteiger partial charge in [0.05, 0.1) is 28.5 Å². The molecular weight excluding hydrogens is 426 g/mol. The number of nitrogens with one attached hydrogen (secondary N) is 1. The molecule has 0 fully saturated rings. The number of halogens is 1. The highest BCUT2D eigenvalue weighted by molar-refractivity contribution is 6.32. The minimum atomic E-state index is -0.244. The van der Waals surface area contributed by atoms with Crippen molar-refractivity contribution in [3.8, 4) is 22.9 Å². The first kappa shape index (κ1) is 20.3. The number of pyridine rings is 2. The van der Waals surface area contributed by atoms with Crippen molar-refractivity contribution < 1.29 is 14.3 Å². The van der Waals surface area contributed by atoms with Crippen molar-refractivity contribution in [3.63, 3.8) is 0 Å². The molecule has 1 aliphatic heterocycles. The molecule has 0 radical (unpaired) electrons. The monoisotopic (exact) mass is 445 g/mol. The SMILES string of the molecule is Cc1c(Cl)ccc2c(C(=O)N[C@@H](C)c3ccc4c(c3)OCO4)cc(-c3ccccn3)nc12. The summed E-state index contributed by atoms with van der Waals surface area (Å²) in [6.07, 6.45) is 1.70. The molecule has 1 aliphatic rings. The van der Waals surface area contributed by atoms with Crippen molar-refractivity contribution >= 4 is 28.4 Å². The van der Waals surface area contributed by atoms with Gasteiger partial charge in [0.2, 0.25) is 6.79 Å². The molecular formula is C25H20ClN3O3. The van der Waals surface area contributed by atoms with Crippen molar-refractivity contribution in [2.24, 2.45) is 0 Å². The van der Waals surface area contributed by atoms with Crippen molar-refractivity contribution in [1.29, 1.82) is 0 Å². The molecule has 5 rings (SSSR count). The quantitative estimate of drug-likeness (QED) is 0.450. The number of carbonyl (C=O) groups excluding carboxylic acids is 1. The van der Waals surface area contributed by atoms with E-state index < -0.39 is 0 Å². The minimum absolute atomic E-state index is 0.207. The van der Waals surface area contributed by atoms with Gasteiger partial charge in [0.1, 0.15) is 0 Å². The lowest BCUT2D eigenvalue weighted by atomic mass is 10.0. The maximum absolute atomic E-state index is 13.4. The number of hydrogen-bond donors (Lipinski definition) is 1. The largest absolute Gasteiger partial charge is 0.454 e. The van der Waals surface area contributed by atoms with Crippen LogP contribution in [0.25, 0.3) is 22.3 Å². The zero-order valence-corrected chi connectivity index (χ0v) is 18.3. The Balaban J connectivity index is 1.55. The van der Waals surface area contributed by atoms with Gasteiger partial charge >= 0.3 is 0 Å². The molecule has 6 nitrogen and oxygen atoms in total. The maximum atomic E-state index is 13.4. The standard InChI is InChI=1S/C25H20ClN3O3/c1-14-19(26)8-7-17-18(12-21(29-24(14)17)20-5-3-4-10-27-20)25(30)28-15(2)16-6-9-22-23(11-16)32-13-31-22/h3-12,15H,13H2,1-2H3,(H,28,30)/t15-/m0/s1. The predicted octanol–water partition coefficient (Wildman–Crippen LogP) is 5.48. The van der Waals surface area contributed by atoms with E-state index in [0.717, 1.165) is 16.5 Å². The summed E-state index contributed by atoms with van der Waals surface area (Å²) in [5.74, 6) is 1.18. The molecule has 1 N–H and O–H groups in total. The number of hydrogen-bond acceptors (Lipinski definition) is 5. The highest BCUT2D eigenvalue weighted by Gasteiger charge is 2.20. The van der Waals surface area contributed by atoms with Crippen molar-refractivity contribution in [2.45, 2.75) is 19.9 Å². The Labute approximate surface area is 190 Å². The molecule has 2 aromatic heterocycles. The van der Waals surface area contributed by atoms with Gasteiger partial charge in [0.15, 0.2) is 11.5 Å². The molecule has 0 spiro atoms. The van der Waals surface area contributed by atoms with Crippen LogP contribution in [0.4, 0.5) is 0 Å². The van der Waals surface area contributed by atoms with E-state index in [-0.39, 0.29) is 18.7 Å². The molecule has 1 atom stereocenters. The summed E-state index contributed by atoms with van der Waals surface area (Å²) in [5.41, 5.74) is 4.24. The summed E-state index contributed by atoms with van der Waals surface area (Å²) < 4.78 is 10.8. The van der Waals surface area contributed by atoms with Crippen LogP contribution in [-0.4, -0.2) is 22.7 Å². The highest BCUT2D eigenvalue weighted by atomic mass is 35.5. The summed E-state index contributed by atoms with van der Waals surface area (Å²) in [5, 5.41) is 4.43. The van der Waals surface area contributed by atoms with E-state index in [4.69, 9.17) is 26.1 Å². The van der Waals surface area contributed by atoms with E-state index >= 15 is 0 Å². The average Bonchev–Trinajstić information content (AvgIpc) is 3.29. The Hall–Kier alpha value is -3.64. The lowest BCUT2D eigenvalue weighted by Crippen LogP contribution is -2.27. The van der Waals surface area contributed by atoms with Crippen LogP contribution in [0, 0.1) is 6.92 Å². The van der Waals surface area contributed by atoms with Crippen LogP contribution in [0.15, 0.2) is 60.8 Å². The van der Waals surface area contributed by atoms with Gasteiger partial charge in [-0.05, 0) is 61.4 Å². The Kier molecular flexibility index (Phi) is 5.15. The van der Waals surface area contributed by atoms with Gasteiger partial charge in [-0.3, -0.25) is 9.78 Å². The zero-order chi connectivity index (χ0) is 22.2. The fourth-order valence-electron chi connectivity index (χ4n) is 3.78. The number of ether oxygens (including phenoxy) is 2. The third kappa shape index (κ3) is 3.63. The van der Waals surface area contributed by atoms with Gasteiger partial charge in [0.25, 0.3) is 5.91 Å². The molecule has 0 aliphatic carbocycles. The molecule has 1 amide bonds. The Morgan fingerprint density at radius 1 is 1.06 bits per heavy atom. The smallest absolute Gasteiger partial charge is 0.252 e. The number of carbonyl (C=O) groups is 1. The topological polar surface area (TPSA) is 73.3 Å². The van der Waals surface area contributed by atoms with Crippen LogP contribution in [0.2, 0.25) is 5.02 Å². The average molecular weight is 446 g/mol. The Morgan fingerprint density at radius 2 is 1.91 bits per heavy atom. The zero-order valence-electron chi connectivity index (χ0n) is 17.6. The van der Waals surface area contributed by atoms with Crippen molar-refractivity contribution in [3.05, 3.63) is 82.5 Å². The van der Waals surface area contributed by atoms with Gasteiger partial charge in [-0.2, -0.15) is 0 Å². The number of aryl methyl sites for hydroxylation is 1. The van der Waals surface area contributed by atoms with Gasteiger partial charge in [-0.1, -0.05) is 29.8 Å². The molecule has 4 aromatic rings. The summed E-state index contributed by atoms with van der Waals surface area (Å²) in [7, 11) is 0. The second kappa shape index (κ2) is 8.13. The molecule has 0 unspecified atom stereocenters. The van der Waals surface area contributed by atoms with Crippen LogP contribution in [-0.2, 0) is 0 Å². The van der Waals surface area contributed by atoms with E-state index in [1.807, 2.05) is 56.3 Å². The molecule has 0 bridgehead atoms.